The van der Waals surface area contributed by atoms with Crippen molar-refractivity contribution in [2.75, 3.05) is 18.4 Å². The lowest BCUT2D eigenvalue weighted by Gasteiger charge is -2.35. The van der Waals surface area contributed by atoms with Crippen molar-refractivity contribution in [3.63, 3.8) is 0 Å². The molecule has 2 amide bonds. The number of nitrogens with zero attached hydrogens (tertiary/aromatic N) is 1. The van der Waals surface area contributed by atoms with E-state index in [1.165, 1.54) is 16.7 Å². The lowest BCUT2D eigenvalue weighted by Crippen LogP contribution is -2.43. The fraction of sp³-hybridized carbons (Fsp3) is 0.280. The average molecular weight is 434 g/mol. The number of carbonyl (C=O) groups is 2. The van der Waals surface area contributed by atoms with Gasteiger partial charge in [0.15, 0.2) is 0 Å². The molecule has 1 aliphatic heterocycles. The molecule has 0 aliphatic carbocycles. The van der Waals surface area contributed by atoms with E-state index in [-0.39, 0.29) is 6.04 Å². The molecule has 6 heteroatoms. The van der Waals surface area contributed by atoms with E-state index in [2.05, 4.69) is 56.6 Å². The van der Waals surface area contributed by atoms with Crippen LogP contribution >= 0.6 is 11.3 Å². The van der Waals surface area contributed by atoms with Crippen molar-refractivity contribution >= 4 is 28.8 Å². The molecule has 2 aromatic carbocycles. The van der Waals surface area contributed by atoms with Crippen LogP contribution in [0, 0.1) is 13.8 Å². The molecule has 0 saturated heterocycles. The van der Waals surface area contributed by atoms with Gasteiger partial charge in [0.05, 0.1) is 6.04 Å². The van der Waals surface area contributed by atoms with Gasteiger partial charge < -0.3 is 10.6 Å². The highest BCUT2D eigenvalue weighted by atomic mass is 32.1. The van der Waals surface area contributed by atoms with E-state index in [9.17, 15) is 9.59 Å². The van der Waals surface area contributed by atoms with Crippen LogP contribution in [0.2, 0.25) is 0 Å². The van der Waals surface area contributed by atoms with E-state index in [4.69, 9.17) is 0 Å². The predicted octanol–water partition coefficient (Wildman–Crippen LogP) is 4.22. The number of carbonyl (C=O) groups excluding carboxylic acids is 2. The first kappa shape index (κ1) is 21.3. The lowest BCUT2D eigenvalue weighted by molar-refractivity contribution is -0.136. The molecular formula is C25H27N3O2S. The van der Waals surface area contributed by atoms with E-state index in [1.807, 2.05) is 32.0 Å². The normalized spacial score (nSPS) is 14.5. The summed E-state index contributed by atoms with van der Waals surface area (Å²) in [5.74, 6) is -1.25. The number of benzene rings is 2. The van der Waals surface area contributed by atoms with Crippen LogP contribution in [0.3, 0.4) is 0 Å². The standard InChI is InChI=1S/C25H27N3O2S/c1-17-7-8-18(2)22(13-17)27-25(30)24(29)26-14-23(21-10-12-31-16-21)28-11-9-19-5-3-4-6-20(19)15-28/h3-8,10,12-13,16,23H,9,11,14-15H2,1-2H3,(H,26,29)(H,27,30). The maximum atomic E-state index is 12.6. The third-order valence-electron chi connectivity index (χ3n) is 5.83. The SMILES string of the molecule is Cc1ccc(C)c(NC(=O)C(=O)NCC(c2ccsc2)N2CCc3ccccc3C2)c1. The summed E-state index contributed by atoms with van der Waals surface area (Å²) < 4.78 is 0. The van der Waals surface area contributed by atoms with Crippen molar-refractivity contribution in [3.8, 4) is 0 Å². The monoisotopic (exact) mass is 433 g/mol. The van der Waals surface area contributed by atoms with Gasteiger partial charge in [-0.15, -0.1) is 0 Å². The Bertz CT molecular complexity index is 1080. The molecule has 2 N–H and O–H groups in total. The quantitative estimate of drug-likeness (QED) is 0.593. The van der Waals surface area contributed by atoms with Gasteiger partial charge in [0.25, 0.3) is 0 Å². The first-order valence-electron chi connectivity index (χ1n) is 10.5. The molecule has 4 rings (SSSR count). The fourth-order valence-corrected chi connectivity index (χ4v) is 4.73. The van der Waals surface area contributed by atoms with Crippen LogP contribution in [0.1, 0.15) is 33.9 Å². The van der Waals surface area contributed by atoms with Crippen LogP contribution < -0.4 is 10.6 Å². The summed E-state index contributed by atoms with van der Waals surface area (Å²) >= 11 is 1.64. The molecule has 0 spiro atoms. The maximum absolute atomic E-state index is 12.6. The first-order chi connectivity index (χ1) is 15.0. The Balaban J connectivity index is 1.43. The molecule has 2 heterocycles. The highest BCUT2D eigenvalue weighted by molar-refractivity contribution is 7.08. The van der Waals surface area contributed by atoms with Crippen molar-refractivity contribution < 1.29 is 9.59 Å². The molecule has 1 atom stereocenters. The summed E-state index contributed by atoms with van der Waals surface area (Å²) in [6, 6.07) is 16.4. The van der Waals surface area contributed by atoms with Crippen molar-refractivity contribution in [2.24, 2.45) is 0 Å². The molecule has 1 unspecified atom stereocenters. The third kappa shape index (κ3) is 5.03. The summed E-state index contributed by atoms with van der Waals surface area (Å²) in [5.41, 5.74) is 6.51. The van der Waals surface area contributed by atoms with Gasteiger partial charge in [-0.1, -0.05) is 36.4 Å². The van der Waals surface area contributed by atoms with Crippen molar-refractivity contribution in [3.05, 3.63) is 87.1 Å². The second-order valence-electron chi connectivity index (χ2n) is 8.04. The summed E-state index contributed by atoms with van der Waals surface area (Å²) in [4.78, 5) is 27.4. The second kappa shape index (κ2) is 9.45. The van der Waals surface area contributed by atoms with E-state index < -0.39 is 11.8 Å². The smallest absolute Gasteiger partial charge is 0.313 e. The minimum atomic E-state index is -0.637. The van der Waals surface area contributed by atoms with Gasteiger partial charge in [0, 0.05) is 25.3 Å². The van der Waals surface area contributed by atoms with Crippen molar-refractivity contribution in [1.82, 2.24) is 10.2 Å². The fourth-order valence-electron chi connectivity index (χ4n) is 4.03. The van der Waals surface area contributed by atoms with E-state index in [0.29, 0.717) is 12.2 Å². The van der Waals surface area contributed by atoms with Gasteiger partial charge in [-0.3, -0.25) is 14.5 Å². The molecule has 1 aliphatic rings. The molecule has 5 nitrogen and oxygen atoms in total. The Morgan fingerprint density at radius 2 is 1.87 bits per heavy atom. The Labute approximate surface area is 187 Å². The Hall–Kier alpha value is -2.96. The summed E-state index contributed by atoms with van der Waals surface area (Å²) in [6.07, 6.45) is 0.984. The molecular weight excluding hydrogens is 406 g/mol. The van der Waals surface area contributed by atoms with Gasteiger partial charge >= 0.3 is 11.8 Å². The van der Waals surface area contributed by atoms with E-state index in [1.54, 1.807) is 11.3 Å². The van der Waals surface area contributed by atoms with Gasteiger partial charge in [-0.05, 0) is 71.0 Å². The number of rotatable bonds is 5. The van der Waals surface area contributed by atoms with Gasteiger partial charge in [-0.2, -0.15) is 11.3 Å². The van der Waals surface area contributed by atoms with E-state index >= 15 is 0 Å². The van der Waals surface area contributed by atoms with Crippen LogP contribution in [0.4, 0.5) is 5.69 Å². The van der Waals surface area contributed by atoms with Crippen molar-refractivity contribution in [2.45, 2.75) is 32.9 Å². The molecule has 3 aromatic rings. The molecule has 0 radical (unpaired) electrons. The average Bonchev–Trinajstić information content (AvgIpc) is 3.30. The Morgan fingerprint density at radius 1 is 1.06 bits per heavy atom. The molecule has 31 heavy (non-hydrogen) atoms. The van der Waals surface area contributed by atoms with Crippen LogP contribution in [-0.4, -0.2) is 29.8 Å². The molecule has 1 aromatic heterocycles. The zero-order valence-electron chi connectivity index (χ0n) is 17.9. The zero-order chi connectivity index (χ0) is 21.8. The third-order valence-corrected chi connectivity index (χ3v) is 6.53. The Kier molecular flexibility index (Phi) is 6.49. The highest BCUT2D eigenvalue weighted by Crippen LogP contribution is 2.28. The number of anilines is 1. The van der Waals surface area contributed by atoms with Crippen LogP contribution in [0.25, 0.3) is 0 Å². The highest BCUT2D eigenvalue weighted by Gasteiger charge is 2.26. The van der Waals surface area contributed by atoms with Gasteiger partial charge in [-0.25, -0.2) is 0 Å². The number of hydrogen-bond donors (Lipinski definition) is 2. The number of hydrogen-bond acceptors (Lipinski definition) is 4. The minimum Gasteiger partial charge on any atom is -0.346 e. The Morgan fingerprint density at radius 3 is 2.65 bits per heavy atom. The number of nitrogens with one attached hydrogen (secondary N) is 2. The number of thiophene rings is 1. The van der Waals surface area contributed by atoms with Crippen LogP contribution in [0.5, 0.6) is 0 Å². The molecule has 0 saturated carbocycles. The van der Waals surface area contributed by atoms with Crippen LogP contribution in [0.15, 0.2) is 59.3 Å². The second-order valence-corrected chi connectivity index (χ2v) is 8.82. The lowest BCUT2D eigenvalue weighted by atomic mass is 9.97. The molecule has 160 valence electrons. The maximum Gasteiger partial charge on any atom is 0.313 e. The topological polar surface area (TPSA) is 61.4 Å². The summed E-state index contributed by atoms with van der Waals surface area (Å²) in [5, 5.41) is 9.77. The predicted molar refractivity (Wildman–Crippen MR) is 125 cm³/mol. The number of aryl methyl sites for hydroxylation is 2. The summed E-state index contributed by atoms with van der Waals surface area (Å²) in [6.45, 7) is 6.01. The molecule has 0 fully saturated rings. The number of fused-ring (bicyclic) bond motifs is 1. The van der Waals surface area contributed by atoms with Crippen molar-refractivity contribution in [1.29, 1.82) is 0 Å². The van der Waals surface area contributed by atoms with Gasteiger partial charge in [0.1, 0.15) is 0 Å². The largest absolute Gasteiger partial charge is 0.346 e. The first-order valence-corrected chi connectivity index (χ1v) is 11.4. The summed E-state index contributed by atoms with van der Waals surface area (Å²) in [7, 11) is 0. The molecule has 0 bridgehead atoms. The zero-order valence-corrected chi connectivity index (χ0v) is 18.7. The van der Waals surface area contributed by atoms with E-state index in [0.717, 1.165) is 30.6 Å². The number of amides is 2. The van der Waals surface area contributed by atoms with Gasteiger partial charge in [0.2, 0.25) is 0 Å². The minimum absolute atomic E-state index is 0.0251. The van der Waals surface area contributed by atoms with Crippen LogP contribution in [-0.2, 0) is 22.6 Å².